The molecule has 0 radical (unpaired) electrons. The van der Waals surface area contributed by atoms with Crippen LogP contribution in [0.25, 0.3) is 0 Å². The van der Waals surface area contributed by atoms with Crippen LogP contribution in [0.4, 0.5) is 4.79 Å². The fraction of sp³-hybridized carbons (Fsp3) is 0.938. The number of ether oxygens (including phenoxy) is 1. The second-order valence-electron chi connectivity index (χ2n) is 7.13. The van der Waals surface area contributed by atoms with Crippen molar-refractivity contribution in [3.8, 4) is 0 Å². The Labute approximate surface area is 116 Å². The van der Waals surface area contributed by atoms with E-state index < -0.39 is 0 Å². The van der Waals surface area contributed by atoms with Gasteiger partial charge in [-0.15, -0.1) is 0 Å². The highest BCUT2D eigenvalue weighted by atomic mass is 16.6. The van der Waals surface area contributed by atoms with Crippen molar-refractivity contribution < 1.29 is 9.53 Å². The van der Waals surface area contributed by atoms with Gasteiger partial charge in [0.15, 0.2) is 0 Å². The van der Waals surface area contributed by atoms with Gasteiger partial charge in [0.05, 0.1) is 6.04 Å². The zero-order valence-electron chi connectivity index (χ0n) is 12.3. The molecule has 3 fully saturated rings. The lowest BCUT2D eigenvalue weighted by atomic mass is 9.85. The lowest BCUT2D eigenvalue weighted by molar-refractivity contribution is 0.151. The summed E-state index contributed by atoms with van der Waals surface area (Å²) < 4.78 is 5.30. The van der Waals surface area contributed by atoms with Crippen LogP contribution in [0, 0.1) is 17.8 Å². The van der Waals surface area contributed by atoms with Crippen molar-refractivity contribution in [3.05, 3.63) is 0 Å². The molecular weight excluding hydrogens is 238 g/mol. The molecule has 0 N–H and O–H groups in total. The summed E-state index contributed by atoms with van der Waals surface area (Å²) in [5.41, 5.74) is 0. The van der Waals surface area contributed by atoms with Gasteiger partial charge in [-0.2, -0.15) is 0 Å². The third kappa shape index (κ3) is 2.75. The van der Waals surface area contributed by atoms with Gasteiger partial charge < -0.3 is 4.74 Å². The van der Waals surface area contributed by atoms with Gasteiger partial charge in [0.25, 0.3) is 0 Å². The van der Waals surface area contributed by atoms with Crippen LogP contribution >= 0.6 is 0 Å². The van der Waals surface area contributed by atoms with Gasteiger partial charge in [-0.05, 0) is 30.6 Å². The standard InChI is InChI=1S/C16H27NO2/c1-11(2)8-13-10-19-16(18)17(13)15-9-14(15)12-6-4-3-5-7-12/h11-15H,3-10H2,1-2H3/t13-,14+,15-/m0/s1. The minimum Gasteiger partial charge on any atom is -0.447 e. The molecule has 2 saturated carbocycles. The maximum atomic E-state index is 12.0. The van der Waals surface area contributed by atoms with Crippen LogP contribution in [0.5, 0.6) is 0 Å². The topological polar surface area (TPSA) is 29.5 Å². The van der Waals surface area contributed by atoms with E-state index in [0.717, 1.165) is 18.3 Å². The summed E-state index contributed by atoms with van der Waals surface area (Å²) in [6.07, 6.45) is 9.25. The largest absolute Gasteiger partial charge is 0.447 e. The summed E-state index contributed by atoms with van der Waals surface area (Å²) in [5.74, 6) is 2.29. The number of carbonyl (C=O) groups is 1. The molecule has 1 saturated heterocycles. The predicted octanol–water partition coefficient (Wildman–Crippen LogP) is 3.82. The van der Waals surface area contributed by atoms with Crippen molar-refractivity contribution in [1.29, 1.82) is 0 Å². The third-order valence-electron chi connectivity index (χ3n) is 5.16. The summed E-state index contributed by atoms with van der Waals surface area (Å²) in [5, 5.41) is 0. The Morgan fingerprint density at radius 1 is 1.26 bits per heavy atom. The number of nitrogens with zero attached hydrogens (tertiary/aromatic N) is 1. The number of rotatable bonds is 4. The Kier molecular flexibility index (Phi) is 3.72. The van der Waals surface area contributed by atoms with Crippen molar-refractivity contribution in [2.75, 3.05) is 6.61 Å². The predicted molar refractivity (Wildman–Crippen MR) is 74.9 cm³/mol. The van der Waals surface area contributed by atoms with Gasteiger partial charge in [-0.25, -0.2) is 4.79 Å². The van der Waals surface area contributed by atoms with E-state index in [-0.39, 0.29) is 6.09 Å². The number of hydrogen-bond donors (Lipinski definition) is 0. The Hall–Kier alpha value is -0.730. The molecule has 0 aromatic carbocycles. The summed E-state index contributed by atoms with van der Waals surface area (Å²) >= 11 is 0. The molecule has 1 aliphatic heterocycles. The second kappa shape index (κ2) is 5.34. The smallest absolute Gasteiger partial charge is 0.410 e. The molecule has 0 aromatic rings. The minimum absolute atomic E-state index is 0.0473. The van der Waals surface area contributed by atoms with Gasteiger partial charge in [-0.1, -0.05) is 46.0 Å². The average molecular weight is 265 g/mol. The van der Waals surface area contributed by atoms with Crippen LogP contribution in [0.15, 0.2) is 0 Å². The molecule has 0 spiro atoms. The van der Waals surface area contributed by atoms with Crippen LogP contribution in [0.2, 0.25) is 0 Å². The number of hydrogen-bond acceptors (Lipinski definition) is 2. The van der Waals surface area contributed by atoms with E-state index in [1.807, 2.05) is 0 Å². The molecule has 3 atom stereocenters. The van der Waals surface area contributed by atoms with Crippen molar-refractivity contribution in [2.24, 2.45) is 17.8 Å². The van der Waals surface area contributed by atoms with Crippen molar-refractivity contribution >= 4 is 6.09 Å². The summed E-state index contributed by atoms with van der Waals surface area (Å²) in [6.45, 7) is 5.07. The highest BCUT2D eigenvalue weighted by Gasteiger charge is 2.52. The quantitative estimate of drug-likeness (QED) is 0.773. The zero-order chi connectivity index (χ0) is 13.4. The first-order chi connectivity index (χ1) is 9.16. The van der Waals surface area contributed by atoms with Crippen molar-refractivity contribution in [2.45, 2.75) is 70.9 Å². The maximum Gasteiger partial charge on any atom is 0.410 e. The molecule has 3 heteroatoms. The zero-order valence-corrected chi connectivity index (χ0v) is 12.3. The van der Waals surface area contributed by atoms with Crippen LogP contribution in [-0.4, -0.2) is 29.7 Å². The van der Waals surface area contributed by atoms with Gasteiger partial charge in [0, 0.05) is 6.04 Å². The first kappa shape index (κ1) is 13.3. The van der Waals surface area contributed by atoms with Crippen LogP contribution in [0.3, 0.4) is 0 Å². The van der Waals surface area contributed by atoms with E-state index in [4.69, 9.17) is 4.74 Å². The summed E-state index contributed by atoms with van der Waals surface area (Å²) in [7, 11) is 0. The Balaban J connectivity index is 1.60. The molecule has 3 nitrogen and oxygen atoms in total. The molecule has 0 unspecified atom stereocenters. The van der Waals surface area contributed by atoms with Gasteiger partial charge >= 0.3 is 6.09 Å². The minimum atomic E-state index is -0.0473. The molecule has 19 heavy (non-hydrogen) atoms. The average Bonchev–Trinajstić information content (AvgIpc) is 3.09. The molecule has 3 rings (SSSR count). The van der Waals surface area contributed by atoms with Gasteiger partial charge in [0.2, 0.25) is 0 Å². The molecule has 3 aliphatic rings. The second-order valence-corrected chi connectivity index (χ2v) is 7.13. The Morgan fingerprint density at radius 2 is 2.00 bits per heavy atom. The van der Waals surface area contributed by atoms with Gasteiger partial charge in [-0.3, -0.25) is 4.90 Å². The van der Waals surface area contributed by atoms with Crippen LogP contribution in [0.1, 0.15) is 58.8 Å². The molecular formula is C16H27NO2. The normalized spacial score (nSPS) is 35.8. The number of cyclic esters (lactones) is 1. The van der Waals surface area contributed by atoms with E-state index >= 15 is 0 Å². The monoisotopic (exact) mass is 265 g/mol. The maximum absolute atomic E-state index is 12.0. The third-order valence-corrected chi connectivity index (χ3v) is 5.16. The summed E-state index contributed by atoms with van der Waals surface area (Å²) in [6, 6.07) is 0.841. The molecule has 108 valence electrons. The lowest BCUT2D eigenvalue weighted by Gasteiger charge is -2.26. The fourth-order valence-electron chi connectivity index (χ4n) is 4.19. The highest BCUT2D eigenvalue weighted by molar-refractivity contribution is 5.71. The van der Waals surface area contributed by atoms with Gasteiger partial charge in [0.1, 0.15) is 6.61 Å². The number of amides is 1. The van der Waals surface area contributed by atoms with E-state index in [0.29, 0.717) is 24.6 Å². The van der Waals surface area contributed by atoms with Crippen LogP contribution < -0.4 is 0 Å². The Bertz CT molecular complexity index is 336. The van der Waals surface area contributed by atoms with E-state index in [1.165, 1.54) is 38.5 Å². The molecule has 1 heterocycles. The molecule has 0 aromatic heterocycles. The van der Waals surface area contributed by atoms with Crippen LogP contribution in [-0.2, 0) is 4.74 Å². The van der Waals surface area contributed by atoms with E-state index in [9.17, 15) is 4.79 Å². The first-order valence-electron chi connectivity index (χ1n) is 8.12. The Morgan fingerprint density at radius 3 is 2.68 bits per heavy atom. The van der Waals surface area contributed by atoms with E-state index in [2.05, 4.69) is 18.7 Å². The number of carbonyl (C=O) groups excluding carboxylic acids is 1. The highest BCUT2D eigenvalue weighted by Crippen LogP contribution is 2.49. The summed E-state index contributed by atoms with van der Waals surface area (Å²) in [4.78, 5) is 14.1. The van der Waals surface area contributed by atoms with Crippen molar-refractivity contribution in [1.82, 2.24) is 4.90 Å². The molecule has 2 aliphatic carbocycles. The van der Waals surface area contributed by atoms with E-state index in [1.54, 1.807) is 0 Å². The first-order valence-corrected chi connectivity index (χ1v) is 8.12. The molecule has 1 amide bonds. The molecule has 0 bridgehead atoms. The van der Waals surface area contributed by atoms with Crippen molar-refractivity contribution in [3.63, 3.8) is 0 Å². The SMILES string of the molecule is CC(C)C[C@H]1COC(=O)N1[C@H]1C[C@@H]1C1CCCCC1. The lowest BCUT2D eigenvalue weighted by Crippen LogP contribution is -2.37. The fourth-order valence-corrected chi connectivity index (χ4v) is 4.19.